The minimum Gasteiger partial charge on any atom is -0.481 e. The second kappa shape index (κ2) is 6.74. The van der Waals surface area contributed by atoms with Crippen LogP contribution in [0.25, 0.3) is 0 Å². The van der Waals surface area contributed by atoms with Crippen molar-refractivity contribution in [1.82, 2.24) is 5.32 Å². The van der Waals surface area contributed by atoms with Crippen molar-refractivity contribution in [2.75, 3.05) is 5.32 Å². The van der Waals surface area contributed by atoms with E-state index in [1.165, 1.54) is 0 Å². The lowest BCUT2D eigenvalue weighted by molar-refractivity contribution is -0.137. The summed E-state index contributed by atoms with van der Waals surface area (Å²) in [6.45, 7) is 5.52. The molecule has 0 saturated carbocycles. The van der Waals surface area contributed by atoms with Crippen molar-refractivity contribution in [2.24, 2.45) is 0 Å². The predicted octanol–water partition coefficient (Wildman–Crippen LogP) is 3.52. The van der Waals surface area contributed by atoms with E-state index in [2.05, 4.69) is 26.6 Å². The number of anilines is 1. The number of aliphatic carboxylic acids is 1. The molecule has 0 spiro atoms. The van der Waals surface area contributed by atoms with Gasteiger partial charge in [-0.15, -0.1) is 0 Å². The maximum absolute atomic E-state index is 11.9. The molecule has 3 N–H and O–H groups in total. The second-order valence-corrected chi connectivity index (χ2v) is 6.09. The molecule has 0 aliphatic heterocycles. The molecule has 0 atom stereocenters. The van der Waals surface area contributed by atoms with Crippen LogP contribution in [-0.4, -0.2) is 22.6 Å². The van der Waals surface area contributed by atoms with Gasteiger partial charge in [0.25, 0.3) is 0 Å². The Morgan fingerprint density at radius 1 is 1.35 bits per heavy atom. The number of hydrogen-bond donors (Lipinski definition) is 3. The van der Waals surface area contributed by atoms with Gasteiger partial charge in [0.2, 0.25) is 0 Å². The van der Waals surface area contributed by atoms with Gasteiger partial charge in [0.1, 0.15) is 0 Å². The summed E-state index contributed by atoms with van der Waals surface area (Å²) in [5.41, 5.74) is 1.11. The van der Waals surface area contributed by atoms with Crippen LogP contribution in [0.1, 0.15) is 32.3 Å². The molecule has 2 amide bonds. The fourth-order valence-corrected chi connectivity index (χ4v) is 2.05. The highest BCUT2D eigenvalue weighted by atomic mass is 79.9. The predicted molar refractivity (Wildman–Crippen MR) is 82.0 cm³/mol. The zero-order valence-electron chi connectivity index (χ0n) is 11.8. The van der Waals surface area contributed by atoms with Crippen LogP contribution in [0, 0.1) is 6.92 Å². The molecule has 1 aromatic rings. The van der Waals surface area contributed by atoms with Crippen LogP contribution in [0.15, 0.2) is 22.7 Å². The number of carboxylic acid groups (broad SMARTS) is 1. The Kier molecular flexibility index (Phi) is 5.56. The van der Waals surface area contributed by atoms with Gasteiger partial charge in [0, 0.05) is 16.4 Å². The van der Waals surface area contributed by atoms with Gasteiger partial charge in [0.05, 0.1) is 5.69 Å². The van der Waals surface area contributed by atoms with E-state index in [1.54, 1.807) is 19.9 Å². The van der Waals surface area contributed by atoms with Gasteiger partial charge in [-0.05, 0) is 54.8 Å². The Morgan fingerprint density at radius 2 is 2.00 bits per heavy atom. The third-order valence-electron chi connectivity index (χ3n) is 2.86. The number of rotatable bonds is 5. The molecule has 0 aliphatic rings. The summed E-state index contributed by atoms with van der Waals surface area (Å²) in [6, 6.07) is 5.22. The Labute approximate surface area is 126 Å². The van der Waals surface area contributed by atoms with Crippen molar-refractivity contribution >= 4 is 33.6 Å². The van der Waals surface area contributed by atoms with Crippen LogP contribution >= 0.6 is 15.9 Å². The molecule has 6 heteroatoms. The highest BCUT2D eigenvalue weighted by Gasteiger charge is 2.21. The van der Waals surface area contributed by atoms with E-state index in [-0.39, 0.29) is 12.5 Å². The van der Waals surface area contributed by atoms with E-state index in [0.29, 0.717) is 12.1 Å². The third kappa shape index (κ3) is 5.21. The van der Waals surface area contributed by atoms with Gasteiger partial charge in [-0.2, -0.15) is 0 Å². The van der Waals surface area contributed by atoms with Crippen LogP contribution in [0.2, 0.25) is 0 Å². The van der Waals surface area contributed by atoms with Crippen LogP contribution in [-0.2, 0) is 4.79 Å². The summed E-state index contributed by atoms with van der Waals surface area (Å²) in [7, 11) is 0. The van der Waals surface area contributed by atoms with E-state index in [1.807, 2.05) is 19.1 Å². The summed E-state index contributed by atoms with van der Waals surface area (Å²) >= 11 is 3.42. The quantitative estimate of drug-likeness (QED) is 0.765. The fraction of sp³-hybridized carbons (Fsp3) is 0.429. The SMILES string of the molecule is Cc1cccc(NC(=O)NC(C)(C)CCC(=O)O)c1Br. The molecule has 0 fully saturated rings. The first-order valence-electron chi connectivity index (χ1n) is 6.27. The van der Waals surface area contributed by atoms with Gasteiger partial charge >= 0.3 is 12.0 Å². The molecule has 1 aromatic carbocycles. The molecular weight excluding hydrogens is 324 g/mol. The highest BCUT2D eigenvalue weighted by Crippen LogP contribution is 2.25. The maximum atomic E-state index is 11.9. The molecule has 20 heavy (non-hydrogen) atoms. The molecule has 110 valence electrons. The highest BCUT2D eigenvalue weighted by molar-refractivity contribution is 9.10. The molecule has 0 heterocycles. The molecule has 0 radical (unpaired) electrons. The lowest BCUT2D eigenvalue weighted by atomic mass is 9.99. The third-order valence-corrected chi connectivity index (χ3v) is 3.91. The molecule has 0 unspecified atom stereocenters. The molecule has 1 rings (SSSR count). The van der Waals surface area contributed by atoms with Crippen molar-refractivity contribution in [3.05, 3.63) is 28.2 Å². The Balaban J connectivity index is 2.63. The molecule has 5 nitrogen and oxygen atoms in total. The number of hydrogen-bond acceptors (Lipinski definition) is 2. The van der Waals surface area contributed by atoms with Crippen LogP contribution in [0.3, 0.4) is 0 Å². The van der Waals surface area contributed by atoms with E-state index < -0.39 is 11.5 Å². The lowest BCUT2D eigenvalue weighted by Gasteiger charge is -2.26. The average Bonchev–Trinajstić information content (AvgIpc) is 2.32. The zero-order valence-corrected chi connectivity index (χ0v) is 13.4. The standard InChI is InChI=1S/C14H19BrN2O3/c1-9-5-4-6-10(12(9)15)16-13(20)17-14(2,3)8-7-11(18)19/h4-6H,7-8H2,1-3H3,(H,18,19)(H2,16,17,20). The summed E-state index contributed by atoms with van der Waals surface area (Å²) in [5, 5.41) is 14.2. The zero-order chi connectivity index (χ0) is 15.3. The summed E-state index contributed by atoms with van der Waals surface area (Å²) in [6.07, 6.45) is 0.381. The number of aryl methyl sites for hydroxylation is 1. The lowest BCUT2D eigenvalue weighted by Crippen LogP contribution is -2.45. The van der Waals surface area contributed by atoms with Gasteiger partial charge in [-0.25, -0.2) is 4.79 Å². The molecular formula is C14H19BrN2O3. The van der Waals surface area contributed by atoms with E-state index >= 15 is 0 Å². The van der Waals surface area contributed by atoms with Crippen LogP contribution < -0.4 is 10.6 Å². The van der Waals surface area contributed by atoms with Crippen LogP contribution in [0.4, 0.5) is 10.5 Å². The number of nitrogens with one attached hydrogen (secondary N) is 2. The summed E-state index contributed by atoms with van der Waals surface area (Å²) in [4.78, 5) is 22.5. The number of halogens is 1. The first-order chi connectivity index (χ1) is 9.21. The monoisotopic (exact) mass is 342 g/mol. The van der Waals surface area contributed by atoms with E-state index in [9.17, 15) is 9.59 Å². The number of carbonyl (C=O) groups is 2. The minimum atomic E-state index is -0.873. The van der Waals surface area contributed by atoms with Crippen molar-refractivity contribution in [3.8, 4) is 0 Å². The topological polar surface area (TPSA) is 78.4 Å². The fourth-order valence-electron chi connectivity index (χ4n) is 1.69. The minimum absolute atomic E-state index is 0.0153. The molecule has 0 aliphatic carbocycles. The summed E-state index contributed by atoms with van der Waals surface area (Å²) in [5.74, 6) is -0.873. The average molecular weight is 343 g/mol. The van der Waals surface area contributed by atoms with E-state index in [0.717, 1.165) is 10.0 Å². The Morgan fingerprint density at radius 3 is 2.60 bits per heavy atom. The number of benzene rings is 1. The van der Waals surface area contributed by atoms with Crippen molar-refractivity contribution in [1.29, 1.82) is 0 Å². The van der Waals surface area contributed by atoms with Gasteiger partial charge in [-0.1, -0.05) is 12.1 Å². The Hall–Kier alpha value is -1.56. The van der Waals surface area contributed by atoms with E-state index in [4.69, 9.17) is 5.11 Å². The smallest absolute Gasteiger partial charge is 0.319 e. The molecule has 0 saturated heterocycles. The summed E-state index contributed by atoms with van der Waals surface area (Å²) < 4.78 is 0.832. The largest absolute Gasteiger partial charge is 0.481 e. The van der Waals surface area contributed by atoms with Gasteiger partial charge in [0.15, 0.2) is 0 Å². The van der Waals surface area contributed by atoms with Gasteiger partial charge in [-0.3, -0.25) is 4.79 Å². The Bertz CT molecular complexity index is 515. The second-order valence-electron chi connectivity index (χ2n) is 5.29. The number of urea groups is 1. The first kappa shape index (κ1) is 16.5. The first-order valence-corrected chi connectivity index (χ1v) is 7.06. The normalized spacial score (nSPS) is 11.0. The number of carboxylic acids is 1. The van der Waals surface area contributed by atoms with Gasteiger partial charge < -0.3 is 15.7 Å². The number of amides is 2. The van der Waals surface area contributed by atoms with Crippen molar-refractivity contribution < 1.29 is 14.7 Å². The molecule has 0 aromatic heterocycles. The van der Waals surface area contributed by atoms with Crippen molar-refractivity contribution in [3.63, 3.8) is 0 Å². The number of carbonyl (C=O) groups excluding carboxylic acids is 1. The van der Waals surface area contributed by atoms with Crippen molar-refractivity contribution in [2.45, 2.75) is 39.2 Å². The van der Waals surface area contributed by atoms with Crippen LogP contribution in [0.5, 0.6) is 0 Å². The maximum Gasteiger partial charge on any atom is 0.319 e. The molecule has 0 bridgehead atoms.